The van der Waals surface area contributed by atoms with Gasteiger partial charge in [0.2, 0.25) is 0 Å². The number of anilines is 1. The number of piperidine rings is 1. The van der Waals surface area contributed by atoms with E-state index in [1.54, 1.807) is 0 Å². The molecule has 6 heteroatoms. The van der Waals surface area contributed by atoms with Crippen molar-refractivity contribution in [1.82, 2.24) is 10.2 Å². The first-order chi connectivity index (χ1) is 11.2. The van der Waals surface area contributed by atoms with Gasteiger partial charge in [-0.1, -0.05) is 0 Å². The van der Waals surface area contributed by atoms with Crippen LogP contribution in [0.25, 0.3) is 0 Å². The van der Waals surface area contributed by atoms with Crippen LogP contribution in [0.1, 0.15) is 36.1 Å². The quantitative estimate of drug-likeness (QED) is 0.846. The molecule has 2 fully saturated rings. The largest absolute Gasteiger partial charge is 0.381 e. The zero-order valence-electron chi connectivity index (χ0n) is 13.9. The number of hydrogen-bond donors (Lipinski definition) is 0. The van der Waals surface area contributed by atoms with Crippen molar-refractivity contribution >= 4 is 5.82 Å². The van der Waals surface area contributed by atoms with E-state index in [1.807, 2.05) is 13.8 Å². The first-order valence-corrected chi connectivity index (χ1v) is 8.37. The molecule has 2 aliphatic rings. The topological polar surface area (TPSA) is 71.3 Å². The van der Waals surface area contributed by atoms with Gasteiger partial charge in [0.25, 0.3) is 0 Å². The first kappa shape index (κ1) is 16.2. The Morgan fingerprint density at radius 1 is 1.26 bits per heavy atom. The lowest BCUT2D eigenvalue weighted by molar-refractivity contribution is 0.0131. The Bertz CT molecular complexity index is 585. The van der Waals surface area contributed by atoms with E-state index in [9.17, 15) is 5.26 Å². The van der Waals surface area contributed by atoms with Crippen LogP contribution in [-0.4, -0.2) is 49.2 Å². The molecule has 124 valence electrons. The van der Waals surface area contributed by atoms with E-state index in [0.717, 1.165) is 69.2 Å². The molecule has 1 atom stereocenters. The van der Waals surface area contributed by atoms with Gasteiger partial charge in [-0.05, 0) is 38.7 Å². The van der Waals surface area contributed by atoms with Gasteiger partial charge in [0.15, 0.2) is 5.82 Å². The van der Waals surface area contributed by atoms with Crippen LogP contribution >= 0.6 is 0 Å². The zero-order chi connectivity index (χ0) is 16.2. The van der Waals surface area contributed by atoms with E-state index in [4.69, 9.17) is 9.47 Å². The number of aromatic nitrogens is 2. The Kier molecular flexibility index (Phi) is 5.09. The molecule has 2 saturated heterocycles. The minimum absolute atomic E-state index is 0.303. The molecule has 0 radical (unpaired) electrons. The first-order valence-electron chi connectivity index (χ1n) is 8.37. The fraction of sp³-hybridized carbons (Fsp3) is 0.706. The van der Waals surface area contributed by atoms with E-state index in [1.165, 1.54) is 0 Å². The molecule has 0 aliphatic carbocycles. The Morgan fingerprint density at radius 3 is 2.70 bits per heavy atom. The molecule has 0 aromatic carbocycles. The van der Waals surface area contributed by atoms with Crippen molar-refractivity contribution < 1.29 is 9.47 Å². The summed E-state index contributed by atoms with van der Waals surface area (Å²) in [6.45, 7) is 8.05. The number of ether oxygens (including phenoxy) is 2. The van der Waals surface area contributed by atoms with E-state index in [-0.39, 0.29) is 0 Å². The standard InChI is InChI=1S/C17H24N4O2/c1-12-13(2)19-20-17(16(12)9-18)21-6-3-15(4-7-21)23-11-14-5-8-22-10-14/h14-15H,3-8,10-11H2,1-2H3. The Hall–Kier alpha value is -1.71. The highest BCUT2D eigenvalue weighted by molar-refractivity contribution is 5.57. The van der Waals surface area contributed by atoms with E-state index < -0.39 is 0 Å². The lowest BCUT2D eigenvalue weighted by atomic mass is 10.0. The molecule has 6 nitrogen and oxygen atoms in total. The van der Waals surface area contributed by atoms with E-state index in [0.29, 0.717) is 17.6 Å². The molecule has 23 heavy (non-hydrogen) atoms. The molecule has 1 unspecified atom stereocenters. The van der Waals surface area contributed by atoms with E-state index >= 15 is 0 Å². The summed E-state index contributed by atoms with van der Waals surface area (Å²) in [6.07, 6.45) is 3.35. The summed E-state index contributed by atoms with van der Waals surface area (Å²) < 4.78 is 11.4. The fourth-order valence-corrected chi connectivity index (χ4v) is 3.17. The normalized spacial score (nSPS) is 22.3. The van der Waals surface area contributed by atoms with Crippen molar-refractivity contribution in [3.8, 4) is 6.07 Å². The summed E-state index contributed by atoms with van der Waals surface area (Å²) in [5.74, 6) is 1.28. The van der Waals surface area contributed by atoms with Crippen molar-refractivity contribution in [3.05, 3.63) is 16.8 Å². The molecule has 0 amide bonds. The lowest BCUT2D eigenvalue weighted by Crippen LogP contribution is -2.38. The van der Waals surface area contributed by atoms with Gasteiger partial charge in [0.1, 0.15) is 11.6 Å². The minimum atomic E-state index is 0.303. The average Bonchev–Trinajstić information content (AvgIpc) is 3.09. The predicted molar refractivity (Wildman–Crippen MR) is 86.3 cm³/mol. The molecular weight excluding hydrogens is 292 g/mol. The molecule has 0 N–H and O–H groups in total. The van der Waals surface area contributed by atoms with Crippen molar-refractivity contribution in [2.24, 2.45) is 5.92 Å². The van der Waals surface area contributed by atoms with Crippen LogP contribution in [0.4, 0.5) is 5.82 Å². The lowest BCUT2D eigenvalue weighted by Gasteiger charge is -2.33. The maximum absolute atomic E-state index is 9.43. The monoisotopic (exact) mass is 316 g/mol. The van der Waals surface area contributed by atoms with E-state index in [2.05, 4.69) is 21.2 Å². The highest BCUT2D eigenvalue weighted by atomic mass is 16.5. The number of nitriles is 1. The molecule has 0 bridgehead atoms. The molecule has 3 rings (SSSR count). The van der Waals surface area contributed by atoms with Gasteiger partial charge in [-0.3, -0.25) is 0 Å². The summed E-state index contributed by atoms with van der Waals surface area (Å²) in [5, 5.41) is 17.9. The minimum Gasteiger partial charge on any atom is -0.381 e. The highest BCUT2D eigenvalue weighted by Gasteiger charge is 2.25. The number of hydrogen-bond acceptors (Lipinski definition) is 6. The number of nitrogens with zero attached hydrogens (tertiary/aromatic N) is 4. The van der Waals surface area contributed by atoms with Crippen LogP contribution in [0.2, 0.25) is 0 Å². The van der Waals surface area contributed by atoms with Crippen LogP contribution in [0, 0.1) is 31.1 Å². The second kappa shape index (κ2) is 7.24. The maximum Gasteiger partial charge on any atom is 0.169 e. The third kappa shape index (κ3) is 3.62. The van der Waals surface area contributed by atoms with Crippen molar-refractivity contribution in [2.45, 2.75) is 39.2 Å². The average molecular weight is 316 g/mol. The van der Waals surface area contributed by atoms with Gasteiger partial charge in [0, 0.05) is 25.6 Å². The summed E-state index contributed by atoms with van der Waals surface area (Å²) in [4.78, 5) is 2.16. The van der Waals surface area contributed by atoms with Crippen molar-refractivity contribution in [2.75, 3.05) is 37.8 Å². The van der Waals surface area contributed by atoms with Gasteiger partial charge in [-0.15, -0.1) is 5.10 Å². The summed E-state index contributed by atoms with van der Waals surface area (Å²) in [6, 6.07) is 2.29. The Morgan fingerprint density at radius 2 is 2.04 bits per heavy atom. The van der Waals surface area contributed by atoms with Crippen molar-refractivity contribution in [1.29, 1.82) is 5.26 Å². The molecule has 2 aliphatic heterocycles. The molecule has 0 spiro atoms. The third-order valence-corrected chi connectivity index (χ3v) is 4.88. The maximum atomic E-state index is 9.43. The van der Waals surface area contributed by atoms with Gasteiger partial charge in [-0.25, -0.2) is 0 Å². The Labute approximate surface area is 137 Å². The fourth-order valence-electron chi connectivity index (χ4n) is 3.17. The summed E-state index contributed by atoms with van der Waals surface area (Å²) >= 11 is 0. The van der Waals surface area contributed by atoms with Gasteiger partial charge >= 0.3 is 0 Å². The van der Waals surface area contributed by atoms with Crippen molar-refractivity contribution in [3.63, 3.8) is 0 Å². The van der Waals surface area contributed by atoms with Crippen LogP contribution in [0.3, 0.4) is 0 Å². The van der Waals surface area contributed by atoms with Crippen LogP contribution in [-0.2, 0) is 9.47 Å². The molecule has 0 saturated carbocycles. The van der Waals surface area contributed by atoms with Crippen LogP contribution in [0.5, 0.6) is 0 Å². The second-order valence-electron chi connectivity index (χ2n) is 6.47. The van der Waals surface area contributed by atoms with Crippen LogP contribution in [0.15, 0.2) is 0 Å². The number of aryl methyl sites for hydroxylation is 1. The SMILES string of the molecule is Cc1nnc(N2CCC(OCC3CCOC3)CC2)c(C#N)c1C. The Balaban J connectivity index is 1.56. The zero-order valence-corrected chi connectivity index (χ0v) is 13.9. The number of rotatable bonds is 4. The van der Waals surface area contributed by atoms with Crippen LogP contribution < -0.4 is 4.90 Å². The van der Waals surface area contributed by atoms with Gasteiger partial charge in [-0.2, -0.15) is 10.4 Å². The third-order valence-electron chi connectivity index (χ3n) is 4.88. The van der Waals surface area contributed by atoms with Gasteiger partial charge in [0.05, 0.1) is 25.0 Å². The molecule has 1 aromatic rings. The molecule has 3 heterocycles. The summed E-state index contributed by atoms with van der Waals surface area (Å²) in [7, 11) is 0. The second-order valence-corrected chi connectivity index (χ2v) is 6.47. The predicted octanol–water partition coefficient (Wildman–Crippen LogP) is 1.99. The highest BCUT2D eigenvalue weighted by Crippen LogP contribution is 2.25. The smallest absolute Gasteiger partial charge is 0.169 e. The van der Waals surface area contributed by atoms with Gasteiger partial charge < -0.3 is 14.4 Å². The summed E-state index contributed by atoms with van der Waals surface area (Å²) in [5.41, 5.74) is 2.40. The molecule has 1 aromatic heterocycles. The molecular formula is C17H24N4O2.